The van der Waals surface area contributed by atoms with Crippen LogP contribution in [0.15, 0.2) is 97.6 Å². The predicted octanol–water partition coefficient (Wildman–Crippen LogP) is 6.95. The van der Waals surface area contributed by atoms with E-state index in [0.29, 0.717) is 31.6 Å². The second-order valence-electron chi connectivity index (χ2n) is 7.44. The van der Waals surface area contributed by atoms with Gasteiger partial charge in [-0.15, -0.1) is 0 Å². The van der Waals surface area contributed by atoms with E-state index >= 15 is 0 Å². The van der Waals surface area contributed by atoms with Gasteiger partial charge >= 0.3 is 0 Å². The van der Waals surface area contributed by atoms with Gasteiger partial charge in [-0.2, -0.15) is 4.98 Å². The first-order chi connectivity index (χ1) is 16.3. The zero-order chi connectivity index (χ0) is 22.9. The number of hydrogen-bond donors (Lipinski definition) is 0. The summed E-state index contributed by atoms with van der Waals surface area (Å²) in [6.07, 6.45) is 1.80. The van der Waals surface area contributed by atoms with Crippen LogP contribution in [0.5, 0.6) is 17.5 Å². The Morgan fingerprint density at radius 2 is 1.42 bits per heavy atom. The first kappa shape index (κ1) is 22.2. The lowest BCUT2D eigenvalue weighted by atomic mass is 10.0. The van der Waals surface area contributed by atoms with Crippen LogP contribution >= 0.6 is 0 Å². The molecule has 166 valence electrons. The maximum absolute atomic E-state index is 6.17. The SMILES string of the molecule is C=Cc1cc(-c2ccc(OCc3ccccc3)nc2OCc2ccccc2)ccc1OCC. The number of pyridine rings is 1. The summed E-state index contributed by atoms with van der Waals surface area (Å²) in [6.45, 7) is 7.34. The molecule has 0 N–H and O–H groups in total. The molecule has 0 bridgehead atoms. The largest absolute Gasteiger partial charge is 0.493 e. The van der Waals surface area contributed by atoms with Crippen LogP contribution in [0, 0.1) is 0 Å². The Kier molecular flexibility index (Phi) is 7.39. The summed E-state index contributed by atoms with van der Waals surface area (Å²) in [5, 5.41) is 0. The Bertz CT molecular complexity index is 1190. The highest BCUT2D eigenvalue weighted by Gasteiger charge is 2.13. The van der Waals surface area contributed by atoms with Crippen LogP contribution in [0.4, 0.5) is 0 Å². The third kappa shape index (κ3) is 5.80. The molecule has 0 amide bonds. The van der Waals surface area contributed by atoms with Crippen molar-refractivity contribution in [2.45, 2.75) is 20.1 Å². The Labute approximate surface area is 195 Å². The Hall–Kier alpha value is -4.05. The summed E-state index contributed by atoms with van der Waals surface area (Å²) in [6, 6.07) is 29.9. The van der Waals surface area contributed by atoms with Crippen LogP contribution in [0.1, 0.15) is 23.6 Å². The van der Waals surface area contributed by atoms with E-state index in [0.717, 1.165) is 33.6 Å². The number of hydrogen-bond acceptors (Lipinski definition) is 4. The van der Waals surface area contributed by atoms with Crippen molar-refractivity contribution in [2.24, 2.45) is 0 Å². The normalized spacial score (nSPS) is 10.5. The standard InChI is InChI=1S/C29H27NO3/c1-3-24-19-25(15-17-27(24)31-4-2)26-16-18-28(32-20-22-11-7-5-8-12-22)30-29(26)33-21-23-13-9-6-10-14-23/h3,5-19H,1,4,20-21H2,2H3. The van der Waals surface area contributed by atoms with Crippen molar-refractivity contribution in [2.75, 3.05) is 6.61 Å². The molecule has 0 aliphatic heterocycles. The van der Waals surface area contributed by atoms with Gasteiger partial charge in [0.05, 0.1) is 6.61 Å². The van der Waals surface area contributed by atoms with E-state index in [1.54, 1.807) is 6.08 Å². The van der Waals surface area contributed by atoms with Crippen LogP contribution in [-0.4, -0.2) is 11.6 Å². The monoisotopic (exact) mass is 437 g/mol. The average molecular weight is 438 g/mol. The van der Waals surface area contributed by atoms with Crippen molar-refractivity contribution in [3.63, 3.8) is 0 Å². The summed E-state index contributed by atoms with van der Waals surface area (Å²) < 4.78 is 17.8. The molecule has 0 atom stereocenters. The van der Waals surface area contributed by atoms with E-state index in [1.165, 1.54) is 0 Å². The van der Waals surface area contributed by atoms with Gasteiger partial charge in [0.25, 0.3) is 0 Å². The molecule has 4 nitrogen and oxygen atoms in total. The van der Waals surface area contributed by atoms with Gasteiger partial charge in [0.15, 0.2) is 0 Å². The number of rotatable bonds is 10. The molecule has 1 aromatic heterocycles. The molecule has 33 heavy (non-hydrogen) atoms. The Balaban J connectivity index is 1.63. The zero-order valence-corrected chi connectivity index (χ0v) is 18.7. The van der Waals surface area contributed by atoms with Crippen molar-refractivity contribution in [3.8, 4) is 28.6 Å². The molecule has 0 saturated heterocycles. The molecule has 0 saturated carbocycles. The fourth-order valence-corrected chi connectivity index (χ4v) is 3.45. The number of ether oxygens (including phenoxy) is 3. The molecule has 4 aromatic rings. The van der Waals surface area contributed by atoms with E-state index in [-0.39, 0.29) is 0 Å². The molecule has 0 radical (unpaired) electrons. The van der Waals surface area contributed by atoms with E-state index in [2.05, 4.69) is 6.58 Å². The lowest BCUT2D eigenvalue weighted by Crippen LogP contribution is -2.02. The zero-order valence-electron chi connectivity index (χ0n) is 18.7. The summed E-state index contributed by atoms with van der Waals surface area (Å²) in [7, 11) is 0. The average Bonchev–Trinajstić information content (AvgIpc) is 2.88. The molecule has 1 heterocycles. The van der Waals surface area contributed by atoms with Gasteiger partial charge in [-0.3, -0.25) is 0 Å². The van der Waals surface area contributed by atoms with Gasteiger partial charge < -0.3 is 14.2 Å². The first-order valence-electron chi connectivity index (χ1n) is 11.0. The second kappa shape index (κ2) is 11.0. The van der Waals surface area contributed by atoms with Crippen LogP contribution in [0.25, 0.3) is 17.2 Å². The quantitative estimate of drug-likeness (QED) is 0.269. The predicted molar refractivity (Wildman–Crippen MR) is 132 cm³/mol. The topological polar surface area (TPSA) is 40.6 Å². The van der Waals surface area contributed by atoms with Crippen molar-refractivity contribution in [1.29, 1.82) is 0 Å². The molecule has 4 rings (SSSR count). The maximum atomic E-state index is 6.17. The molecule has 3 aromatic carbocycles. The third-order valence-electron chi connectivity index (χ3n) is 5.12. The van der Waals surface area contributed by atoms with Gasteiger partial charge in [0.1, 0.15) is 19.0 Å². The van der Waals surface area contributed by atoms with E-state index < -0.39 is 0 Å². The lowest BCUT2D eigenvalue weighted by molar-refractivity contribution is 0.268. The number of aromatic nitrogens is 1. The van der Waals surface area contributed by atoms with Crippen molar-refractivity contribution in [3.05, 3.63) is 114 Å². The van der Waals surface area contributed by atoms with Crippen LogP contribution < -0.4 is 14.2 Å². The number of nitrogens with zero attached hydrogens (tertiary/aromatic N) is 1. The minimum Gasteiger partial charge on any atom is -0.493 e. The highest BCUT2D eigenvalue weighted by molar-refractivity contribution is 5.73. The minimum absolute atomic E-state index is 0.411. The van der Waals surface area contributed by atoms with E-state index in [9.17, 15) is 0 Å². The fraction of sp³-hybridized carbons (Fsp3) is 0.138. The molecule has 0 fully saturated rings. The van der Waals surface area contributed by atoms with Gasteiger partial charge in [0, 0.05) is 17.2 Å². The van der Waals surface area contributed by atoms with Gasteiger partial charge in [-0.25, -0.2) is 0 Å². The third-order valence-corrected chi connectivity index (χ3v) is 5.12. The van der Waals surface area contributed by atoms with Crippen molar-refractivity contribution < 1.29 is 14.2 Å². The molecule has 4 heteroatoms. The van der Waals surface area contributed by atoms with Gasteiger partial charge in [0.2, 0.25) is 11.8 Å². The van der Waals surface area contributed by atoms with Gasteiger partial charge in [-0.1, -0.05) is 79.4 Å². The lowest BCUT2D eigenvalue weighted by Gasteiger charge is -2.15. The molecule has 0 spiro atoms. The van der Waals surface area contributed by atoms with Crippen LogP contribution in [-0.2, 0) is 13.2 Å². The summed E-state index contributed by atoms with van der Waals surface area (Å²) in [5.74, 6) is 1.84. The Morgan fingerprint density at radius 1 is 0.758 bits per heavy atom. The van der Waals surface area contributed by atoms with Gasteiger partial charge in [-0.05, 0) is 41.8 Å². The number of benzene rings is 3. The summed E-state index contributed by atoms with van der Waals surface area (Å²) >= 11 is 0. The summed E-state index contributed by atoms with van der Waals surface area (Å²) in [5.41, 5.74) is 4.92. The maximum Gasteiger partial charge on any atom is 0.225 e. The molecule has 0 aliphatic carbocycles. The van der Waals surface area contributed by atoms with Crippen LogP contribution in [0.3, 0.4) is 0 Å². The smallest absolute Gasteiger partial charge is 0.225 e. The highest BCUT2D eigenvalue weighted by atomic mass is 16.5. The fourth-order valence-electron chi connectivity index (χ4n) is 3.45. The summed E-state index contributed by atoms with van der Waals surface area (Å²) in [4.78, 5) is 4.69. The second-order valence-corrected chi connectivity index (χ2v) is 7.44. The van der Waals surface area contributed by atoms with Crippen molar-refractivity contribution in [1.82, 2.24) is 4.98 Å². The van der Waals surface area contributed by atoms with E-state index in [4.69, 9.17) is 19.2 Å². The molecule has 0 aliphatic rings. The first-order valence-corrected chi connectivity index (χ1v) is 11.0. The molecular weight excluding hydrogens is 410 g/mol. The van der Waals surface area contributed by atoms with Crippen LogP contribution in [0.2, 0.25) is 0 Å². The molecular formula is C29H27NO3. The molecule has 0 unspecified atom stereocenters. The minimum atomic E-state index is 0.411. The van der Waals surface area contributed by atoms with E-state index in [1.807, 2.05) is 97.9 Å². The highest BCUT2D eigenvalue weighted by Crippen LogP contribution is 2.34. The van der Waals surface area contributed by atoms with Crippen molar-refractivity contribution >= 4 is 6.08 Å². The Morgan fingerprint density at radius 3 is 2.06 bits per heavy atom.